The molecule has 2 atom stereocenters. The topological polar surface area (TPSA) is 61.4 Å². The third-order valence-electron chi connectivity index (χ3n) is 2.99. The maximum atomic E-state index is 11.8. The zero-order valence-electron chi connectivity index (χ0n) is 8.74. The number of carbonyl (C=O) groups excluding carboxylic acids is 1. The first-order chi connectivity index (χ1) is 7.25. The number of hydrogen-bond acceptors (Lipinski definition) is 4. The molecule has 1 amide bonds. The predicted octanol–water partition coefficient (Wildman–Crippen LogP) is -0.279. The van der Waals surface area contributed by atoms with Gasteiger partial charge in [0.25, 0.3) is 0 Å². The summed E-state index contributed by atoms with van der Waals surface area (Å²) in [6.45, 7) is 0.540. The van der Waals surface area contributed by atoms with Crippen LogP contribution in [0.15, 0.2) is 0 Å². The molecule has 2 saturated heterocycles. The van der Waals surface area contributed by atoms with Crippen molar-refractivity contribution in [2.24, 2.45) is 0 Å². The molecule has 4 nitrogen and oxygen atoms in total. The SMILES string of the molecule is O=C(NC1CCSCC1)C1CC(O)CN1. The van der Waals surface area contributed by atoms with Crippen LogP contribution in [0.1, 0.15) is 19.3 Å². The van der Waals surface area contributed by atoms with E-state index in [-0.39, 0.29) is 18.1 Å². The summed E-state index contributed by atoms with van der Waals surface area (Å²) in [6, 6.07) is 0.160. The minimum Gasteiger partial charge on any atom is -0.392 e. The van der Waals surface area contributed by atoms with Crippen molar-refractivity contribution in [3.63, 3.8) is 0 Å². The molecule has 15 heavy (non-hydrogen) atoms. The lowest BCUT2D eigenvalue weighted by molar-refractivity contribution is -0.123. The van der Waals surface area contributed by atoms with Crippen molar-refractivity contribution in [3.05, 3.63) is 0 Å². The Kier molecular flexibility index (Phi) is 3.88. The molecular weight excluding hydrogens is 212 g/mol. The standard InChI is InChI=1S/C10H18N2O2S/c13-8-5-9(11-6-8)10(14)12-7-1-3-15-4-2-7/h7-9,11,13H,1-6H2,(H,12,14). The van der Waals surface area contributed by atoms with E-state index in [1.165, 1.54) is 0 Å². The molecule has 0 aromatic rings. The van der Waals surface area contributed by atoms with Gasteiger partial charge in [-0.25, -0.2) is 0 Å². The fourth-order valence-electron chi connectivity index (χ4n) is 2.06. The van der Waals surface area contributed by atoms with Gasteiger partial charge >= 0.3 is 0 Å². The average molecular weight is 230 g/mol. The molecule has 0 aromatic heterocycles. The Bertz CT molecular complexity index is 231. The van der Waals surface area contributed by atoms with Crippen LogP contribution in [0.4, 0.5) is 0 Å². The van der Waals surface area contributed by atoms with Gasteiger partial charge in [0.15, 0.2) is 0 Å². The van der Waals surface area contributed by atoms with Gasteiger partial charge in [0.1, 0.15) is 0 Å². The highest BCUT2D eigenvalue weighted by Crippen LogP contribution is 2.17. The van der Waals surface area contributed by atoms with Gasteiger partial charge in [-0.1, -0.05) is 0 Å². The first-order valence-electron chi connectivity index (χ1n) is 5.55. The predicted molar refractivity (Wildman–Crippen MR) is 60.9 cm³/mol. The van der Waals surface area contributed by atoms with Crippen LogP contribution in [-0.4, -0.2) is 47.3 Å². The van der Waals surface area contributed by atoms with Crippen LogP contribution in [-0.2, 0) is 4.79 Å². The second-order valence-electron chi connectivity index (χ2n) is 4.25. The number of carbonyl (C=O) groups is 1. The van der Waals surface area contributed by atoms with E-state index >= 15 is 0 Å². The Morgan fingerprint density at radius 3 is 2.73 bits per heavy atom. The summed E-state index contributed by atoms with van der Waals surface area (Å²) in [6.07, 6.45) is 2.34. The largest absolute Gasteiger partial charge is 0.392 e. The van der Waals surface area contributed by atoms with Crippen molar-refractivity contribution in [1.82, 2.24) is 10.6 Å². The van der Waals surface area contributed by atoms with Gasteiger partial charge in [-0.2, -0.15) is 11.8 Å². The summed E-state index contributed by atoms with van der Waals surface area (Å²) < 4.78 is 0. The van der Waals surface area contributed by atoms with Crippen molar-refractivity contribution in [3.8, 4) is 0 Å². The van der Waals surface area contributed by atoms with E-state index in [9.17, 15) is 9.90 Å². The molecule has 0 radical (unpaired) electrons. The van der Waals surface area contributed by atoms with Crippen molar-refractivity contribution in [2.75, 3.05) is 18.1 Å². The van der Waals surface area contributed by atoms with E-state index in [1.807, 2.05) is 11.8 Å². The normalized spacial score (nSPS) is 32.9. The maximum absolute atomic E-state index is 11.8. The molecule has 2 aliphatic rings. The minimum atomic E-state index is -0.359. The van der Waals surface area contributed by atoms with Gasteiger partial charge in [0.2, 0.25) is 5.91 Å². The van der Waals surface area contributed by atoms with Crippen LogP contribution < -0.4 is 10.6 Å². The summed E-state index contributed by atoms with van der Waals surface area (Å²) in [5.74, 6) is 2.35. The lowest BCUT2D eigenvalue weighted by atomic mass is 10.1. The Balaban J connectivity index is 1.76. The van der Waals surface area contributed by atoms with E-state index < -0.39 is 0 Å². The van der Waals surface area contributed by atoms with Crippen molar-refractivity contribution >= 4 is 17.7 Å². The molecule has 0 aliphatic carbocycles. The van der Waals surface area contributed by atoms with Gasteiger partial charge in [0, 0.05) is 12.6 Å². The molecule has 5 heteroatoms. The fourth-order valence-corrected chi connectivity index (χ4v) is 3.17. The highest BCUT2D eigenvalue weighted by Gasteiger charge is 2.29. The molecule has 0 saturated carbocycles. The van der Waals surface area contributed by atoms with E-state index in [2.05, 4.69) is 10.6 Å². The third-order valence-corrected chi connectivity index (χ3v) is 4.04. The molecule has 2 unspecified atom stereocenters. The van der Waals surface area contributed by atoms with E-state index in [0.717, 1.165) is 24.3 Å². The average Bonchev–Trinajstić information content (AvgIpc) is 2.66. The van der Waals surface area contributed by atoms with Crippen molar-refractivity contribution in [2.45, 2.75) is 37.5 Å². The summed E-state index contributed by atoms with van der Waals surface area (Å²) in [5.41, 5.74) is 0. The van der Waals surface area contributed by atoms with Gasteiger partial charge in [-0.05, 0) is 30.8 Å². The Labute approximate surface area is 94.2 Å². The first kappa shape index (κ1) is 11.2. The maximum Gasteiger partial charge on any atom is 0.237 e. The lowest BCUT2D eigenvalue weighted by Gasteiger charge is -2.24. The van der Waals surface area contributed by atoms with Gasteiger partial charge in [-0.3, -0.25) is 4.79 Å². The number of nitrogens with one attached hydrogen (secondary N) is 2. The number of hydrogen-bond donors (Lipinski definition) is 3. The van der Waals surface area contributed by atoms with Gasteiger partial charge < -0.3 is 15.7 Å². The lowest BCUT2D eigenvalue weighted by Crippen LogP contribution is -2.46. The van der Waals surface area contributed by atoms with Crippen LogP contribution in [0.3, 0.4) is 0 Å². The van der Waals surface area contributed by atoms with Gasteiger partial charge in [-0.15, -0.1) is 0 Å². The van der Waals surface area contributed by atoms with E-state index in [4.69, 9.17) is 0 Å². The first-order valence-corrected chi connectivity index (χ1v) is 6.71. The van der Waals surface area contributed by atoms with Crippen LogP contribution >= 0.6 is 11.8 Å². The van der Waals surface area contributed by atoms with E-state index in [0.29, 0.717) is 19.0 Å². The molecule has 2 rings (SSSR count). The van der Waals surface area contributed by atoms with E-state index in [1.54, 1.807) is 0 Å². The highest BCUT2D eigenvalue weighted by atomic mass is 32.2. The Morgan fingerprint density at radius 1 is 1.40 bits per heavy atom. The zero-order valence-corrected chi connectivity index (χ0v) is 9.55. The van der Waals surface area contributed by atoms with Gasteiger partial charge in [0.05, 0.1) is 12.1 Å². The number of rotatable bonds is 2. The number of aliphatic hydroxyl groups excluding tert-OH is 1. The smallest absolute Gasteiger partial charge is 0.237 e. The highest BCUT2D eigenvalue weighted by molar-refractivity contribution is 7.99. The van der Waals surface area contributed by atoms with Crippen LogP contribution in [0.25, 0.3) is 0 Å². The Hall–Kier alpha value is -0.260. The molecule has 0 bridgehead atoms. The number of aliphatic hydroxyl groups is 1. The molecule has 2 fully saturated rings. The molecule has 2 heterocycles. The summed E-state index contributed by atoms with van der Waals surface area (Å²) in [4.78, 5) is 11.8. The number of β-amino-alcohol motifs (C(OH)–C–C–N with tert-alkyl or cyclic N) is 1. The third kappa shape index (κ3) is 3.09. The van der Waals surface area contributed by atoms with Crippen molar-refractivity contribution in [1.29, 1.82) is 0 Å². The number of amides is 1. The second kappa shape index (κ2) is 5.18. The summed E-state index contributed by atoms with van der Waals surface area (Å²) in [5, 5.41) is 15.4. The molecule has 2 aliphatic heterocycles. The van der Waals surface area contributed by atoms with Crippen LogP contribution in [0, 0.1) is 0 Å². The van der Waals surface area contributed by atoms with Crippen LogP contribution in [0.2, 0.25) is 0 Å². The zero-order chi connectivity index (χ0) is 10.7. The monoisotopic (exact) mass is 230 g/mol. The molecule has 86 valence electrons. The summed E-state index contributed by atoms with van der Waals surface area (Å²) in [7, 11) is 0. The summed E-state index contributed by atoms with van der Waals surface area (Å²) >= 11 is 1.95. The number of thioether (sulfide) groups is 1. The van der Waals surface area contributed by atoms with Crippen molar-refractivity contribution < 1.29 is 9.90 Å². The Morgan fingerprint density at radius 2 is 2.13 bits per heavy atom. The minimum absolute atomic E-state index is 0.0588. The second-order valence-corrected chi connectivity index (χ2v) is 5.47. The molecule has 0 aromatic carbocycles. The fraction of sp³-hybridized carbons (Fsp3) is 0.900. The quantitative estimate of drug-likeness (QED) is 0.611. The molecular formula is C10H18N2O2S. The van der Waals surface area contributed by atoms with Crippen LogP contribution in [0.5, 0.6) is 0 Å². The molecule has 0 spiro atoms. The molecule has 3 N–H and O–H groups in total.